The van der Waals surface area contributed by atoms with Crippen LogP contribution >= 0.6 is 0 Å². The summed E-state index contributed by atoms with van der Waals surface area (Å²) in [6.07, 6.45) is 6.37. The molecule has 41 heavy (non-hydrogen) atoms. The van der Waals surface area contributed by atoms with E-state index in [-0.39, 0.29) is 41.8 Å². The number of esters is 1. The molecule has 8 heteroatoms. The minimum atomic E-state index is -0.338. The van der Waals surface area contributed by atoms with Crippen molar-refractivity contribution in [2.45, 2.75) is 70.6 Å². The van der Waals surface area contributed by atoms with Crippen molar-refractivity contribution in [3.8, 4) is 11.3 Å². The molecule has 2 fully saturated rings. The van der Waals surface area contributed by atoms with Gasteiger partial charge in [-0.15, -0.1) is 0 Å². The first-order valence-electron chi connectivity index (χ1n) is 14.6. The number of aliphatic hydroxyl groups is 1. The third-order valence-electron chi connectivity index (χ3n) is 8.08. The number of aromatic nitrogens is 2. The molecule has 0 spiro atoms. The van der Waals surface area contributed by atoms with Gasteiger partial charge in [0, 0.05) is 43.7 Å². The number of benzene rings is 1. The number of ether oxygens (including phenoxy) is 1. The van der Waals surface area contributed by atoms with Crippen LogP contribution in [-0.4, -0.2) is 53.3 Å². The summed E-state index contributed by atoms with van der Waals surface area (Å²) < 4.78 is 5.42. The largest absolute Gasteiger partial charge is 0.463 e. The average molecular weight is 557 g/mol. The highest BCUT2D eigenvalue weighted by Crippen LogP contribution is 2.48. The minimum Gasteiger partial charge on any atom is -0.463 e. The third-order valence-corrected chi connectivity index (χ3v) is 8.08. The van der Waals surface area contributed by atoms with Crippen LogP contribution in [0.4, 0.5) is 11.5 Å². The Labute approximate surface area is 242 Å². The van der Waals surface area contributed by atoms with Crippen LogP contribution < -0.4 is 9.80 Å². The van der Waals surface area contributed by atoms with Crippen molar-refractivity contribution in [3.63, 3.8) is 0 Å². The maximum atomic E-state index is 13.9. The Balaban J connectivity index is 1.37. The standard InChI is InChI=1S/C33H40N4O4/c1-21(2)41-33(40)29-18-28(29)25-15-16-34-31(17-25)37(32(39)24-8-12-27(38)13-9-24)20-22-5-14-30(35-19-22)23-6-10-26(11-7-23)36(3)4/h5-7,10-11,14-17,19,21,24,27-29,38H,8-9,12-13,18,20H2,1-4H3. The molecule has 2 heterocycles. The van der Waals surface area contributed by atoms with Crippen LogP contribution in [0.1, 0.15) is 63.0 Å². The Morgan fingerprint density at radius 1 is 1.00 bits per heavy atom. The van der Waals surface area contributed by atoms with E-state index in [4.69, 9.17) is 9.72 Å². The summed E-state index contributed by atoms with van der Waals surface area (Å²) in [6, 6.07) is 16.1. The zero-order valence-corrected chi connectivity index (χ0v) is 24.4. The highest BCUT2D eigenvalue weighted by Gasteiger charge is 2.45. The first kappa shape index (κ1) is 28.7. The van der Waals surface area contributed by atoms with E-state index in [1.807, 2.05) is 58.4 Å². The van der Waals surface area contributed by atoms with Crippen molar-refractivity contribution in [1.82, 2.24) is 9.97 Å². The van der Waals surface area contributed by atoms with E-state index in [0.29, 0.717) is 38.0 Å². The van der Waals surface area contributed by atoms with Gasteiger partial charge in [0.05, 0.1) is 30.4 Å². The molecule has 2 saturated carbocycles. The number of aliphatic hydroxyl groups excluding tert-OH is 1. The topological polar surface area (TPSA) is 95.9 Å². The van der Waals surface area contributed by atoms with Crippen LogP contribution in [0.3, 0.4) is 0 Å². The lowest BCUT2D eigenvalue weighted by Gasteiger charge is -2.30. The second-order valence-corrected chi connectivity index (χ2v) is 11.8. The number of nitrogens with zero attached hydrogens (tertiary/aromatic N) is 4. The fourth-order valence-electron chi connectivity index (χ4n) is 5.57. The smallest absolute Gasteiger partial charge is 0.309 e. The molecule has 3 aromatic rings. The highest BCUT2D eigenvalue weighted by atomic mass is 16.5. The molecule has 1 aromatic carbocycles. The predicted octanol–water partition coefficient (Wildman–Crippen LogP) is 5.35. The molecule has 0 aliphatic heterocycles. The van der Waals surface area contributed by atoms with Crippen LogP contribution in [0.25, 0.3) is 11.3 Å². The van der Waals surface area contributed by atoms with Gasteiger partial charge in [0.15, 0.2) is 0 Å². The van der Waals surface area contributed by atoms with Crippen molar-refractivity contribution in [1.29, 1.82) is 0 Å². The van der Waals surface area contributed by atoms with Crippen LogP contribution in [0.2, 0.25) is 0 Å². The van der Waals surface area contributed by atoms with E-state index in [1.54, 1.807) is 11.1 Å². The number of pyridine rings is 2. The second kappa shape index (κ2) is 12.4. The minimum absolute atomic E-state index is 0.0106. The Morgan fingerprint density at radius 3 is 2.37 bits per heavy atom. The lowest BCUT2D eigenvalue weighted by Crippen LogP contribution is -2.38. The van der Waals surface area contributed by atoms with E-state index in [2.05, 4.69) is 34.1 Å². The van der Waals surface area contributed by atoms with Gasteiger partial charge in [0.2, 0.25) is 5.91 Å². The Bertz CT molecular complexity index is 1350. The quantitative estimate of drug-likeness (QED) is 0.355. The molecule has 0 bridgehead atoms. The normalized spacial score (nSPS) is 21.8. The van der Waals surface area contributed by atoms with Crippen molar-refractivity contribution >= 4 is 23.4 Å². The lowest BCUT2D eigenvalue weighted by atomic mass is 9.86. The van der Waals surface area contributed by atoms with Gasteiger partial charge in [-0.25, -0.2) is 4.98 Å². The van der Waals surface area contributed by atoms with Gasteiger partial charge in [-0.05, 0) is 93.3 Å². The number of hydrogen-bond donors (Lipinski definition) is 1. The summed E-state index contributed by atoms with van der Waals surface area (Å²) >= 11 is 0. The van der Waals surface area contributed by atoms with Gasteiger partial charge < -0.3 is 14.7 Å². The fraction of sp³-hybridized carbons (Fsp3) is 0.455. The number of carbonyl (C=O) groups excluding carboxylic acids is 2. The number of hydrogen-bond acceptors (Lipinski definition) is 7. The number of amides is 1. The summed E-state index contributed by atoms with van der Waals surface area (Å²) in [5.41, 5.74) is 4.91. The monoisotopic (exact) mass is 556 g/mol. The molecule has 216 valence electrons. The van der Waals surface area contributed by atoms with Crippen LogP contribution in [-0.2, 0) is 20.9 Å². The zero-order chi connectivity index (χ0) is 29.1. The van der Waals surface area contributed by atoms with Gasteiger partial charge >= 0.3 is 5.97 Å². The van der Waals surface area contributed by atoms with E-state index >= 15 is 0 Å². The molecule has 0 radical (unpaired) electrons. The molecule has 1 amide bonds. The van der Waals surface area contributed by atoms with Gasteiger partial charge in [0.25, 0.3) is 0 Å². The molecular weight excluding hydrogens is 516 g/mol. The van der Waals surface area contributed by atoms with E-state index in [0.717, 1.165) is 34.5 Å². The summed E-state index contributed by atoms with van der Waals surface area (Å²) in [5.74, 6) is 0.173. The molecule has 0 saturated heterocycles. The SMILES string of the molecule is CC(C)OC(=O)C1CC1c1ccnc(N(Cc2ccc(-c3ccc(N(C)C)cc3)nc2)C(=O)C2CCC(O)CC2)c1. The van der Waals surface area contributed by atoms with Crippen LogP contribution in [0.5, 0.6) is 0 Å². The zero-order valence-electron chi connectivity index (χ0n) is 24.4. The van der Waals surface area contributed by atoms with Crippen LogP contribution in [0.15, 0.2) is 60.9 Å². The Hall–Kier alpha value is -3.78. The second-order valence-electron chi connectivity index (χ2n) is 11.8. The van der Waals surface area contributed by atoms with Crippen molar-refractivity contribution in [2.24, 2.45) is 11.8 Å². The van der Waals surface area contributed by atoms with Gasteiger partial charge in [-0.2, -0.15) is 0 Å². The molecule has 2 aliphatic carbocycles. The molecule has 1 N–H and O–H groups in total. The van der Waals surface area contributed by atoms with E-state index in [1.165, 1.54) is 0 Å². The number of anilines is 2. The van der Waals surface area contributed by atoms with Crippen LogP contribution in [0, 0.1) is 11.8 Å². The van der Waals surface area contributed by atoms with Crippen molar-refractivity contribution in [2.75, 3.05) is 23.9 Å². The first-order chi connectivity index (χ1) is 19.7. The average Bonchev–Trinajstić information content (AvgIpc) is 3.78. The van der Waals surface area contributed by atoms with Gasteiger partial charge in [0.1, 0.15) is 5.82 Å². The summed E-state index contributed by atoms with van der Waals surface area (Å²) in [4.78, 5) is 39.4. The first-order valence-corrected chi connectivity index (χ1v) is 14.6. The molecule has 5 rings (SSSR count). The fourth-order valence-corrected chi connectivity index (χ4v) is 5.57. The van der Waals surface area contributed by atoms with Crippen molar-refractivity contribution in [3.05, 3.63) is 72.1 Å². The Kier molecular flexibility index (Phi) is 8.68. The molecule has 2 atom stereocenters. The van der Waals surface area contributed by atoms with E-state index < -0.39 is 0 Å². The summed E-state index contributed by atoms with van der Waals surface area (Å²) in [7, 11) is 4.03. The van der Waals surface area contributed by atoms with Gasteiger partial charge in [-0.3, -0.25) is 19.5 Å². The molecule has 2 aromatic heterocycles. The summed E-state index contributed by atoms with van der Waals surface area (Å²) in [5, 5.41) is 10.0. The highest BCUT2D eigenvalue weighted by molar-refractivity contribution is 5.94. The summed E-state index contributed by atoms with van der Waals surface area (Å²) in [6.45, 7) is 4.05. The third kappa shape index (κ3) is 6.93. The molecule has 8 nitrogen and oxygen atoms in total. The van der Waals surface area contributed by atoms with E-state index in [9.17, 15) is 14.7 Å². The maximum Gasteiger partial charge on any atom is 0.309 e. The molecular formula is C33H40N4O4. The number of carbonyl (C=O) groups is 2. The number of rotatable bonds is 9. The lowest BCUT2D eigenvalue weighted by molar-refractivity contribution is -0.149. The van der Waals surface area contributed by atoms with Crippen molar-refractivity contribution < 1.29 is 19.4 Å². The molecule has 2 unspecified atom stereocenters. The maximum absolute atomic E-state index is 13.9. The molecule has 2 aliphatic rings. The predicted molar refractivity (Wildman–Crippen MR) is 159 cm³/mol. The Morgan fingerprint density at radius 2 is 1.73 bits per heavy atom. The van der Waals surface area contributed by atoms with Gasteiger partial charge in [-0.1, -0.05) is 18.2 Å².